The summed E-state index contributed by atoms with van der Waals surface area (Å²) in [7, 11) is 0. The van der Waals surface area contributed by atoms with E-state index in [4.69, 9.17) is 0 Å². The molecule has 4 rings (SSSR count). The summed E-state index contributed by atoms with van der Waals surface area (Å²) in [6.45, 7) is 0.661. The van der Waals surface area contributed by atoms with Crippen LogP contribution in [0.4, 0.5) is 0 Å². The van der Waals surface area contributed by atoms with Crippen LogP contribution in [0, 0.1) is 0 Å². The van der Waals surface area contributed by atoms with Crippen LogP contribution in [0.5, 0.6) is 0 Å². The monoisotopic (exact) mass is 399 g/mol. The summed E-state index contributed by atoms with van der Waals surface area (Å²) in [5.41, 5.74) is 3.67. The van der Waals surface area contributed by atoms with E-state index in [-0.39, 0.29) is 11.8 Å². The average molecular weight is 399 g/mol. The fourth-order valence-corrected chi connectivity index (χ4v) is 3.20. The van der Waals surface area contributed by atoms with Crippen molar-refractivity contribution in [2.45, 2.75) is 6.42 Å². The van der Waals surface area contributed by atoms with Crippen molar-refractivity contribution >= 4 is 17.5 Å². The van der Waals surface area contributed by atoms with Crippen LogP contribution in [0.2, 0.25) is 0 Å². The standard InChI is InChI=1S/C23H21N5O2/c29-21(15-17-7-3-1-4-8-17)24-13-14-26-23(30)19-16-27-28-20(11-12-25-22(19)28)18-9-5-2-6-10-18/h1-12,16H,13-15H2,(H,24,29)(H,26,30). The fourth-order valence-electron chi connectivity index (χ4n) is 3.20. The quantitative estimate of drug-likeness (QED) is 0.468. The second-order valence-electron chi connectivity index (χ2n) is 6.76. The predicted molar refractivity (Wildman–Crippen MR) is 114 cm³/mol. The molecule has 4 aromatic rings. The molecule has 0 saturated heterocycles. The molecular formula is C23H21N5O2. The van der Waals surface area contributed by atoms with Gasteiger partial charge in [0.25, 0.3) is 5.91 Å². The summed E-state index contributed by atoms with van der Waals surface area (Å²) < 4.78 is 1.66. The largest absolute Gasteiger partial charge is 0.354 e. The molecule has 0 fully saturated rings. The van der Waals surface area contributed by atoms with E-state index in [1.165, 1.54) is 6.20 Å². The highest BCUT2D eigenvalue weighted by atomic mass is 16.2. The van der Waals surface area contributed by atoms with Gasteiger partial charge in [-0.2, -0.15) is 5.10 Å². The molecule has 0 unspecified atom stereocenters. The molecule has 0 aliphatic heterocycles. The minimum atomic E-state index is -0.278. The molecular weight excluding hydrogens is 378 g/mol. The number of hydrogen-bond acceptors (Lipinski definition) is 4. The molecule has 0 aliphatic carbocycles. The summed E-state index contributed by atoms with van der Waals surface area (Å²) >= 11 is 0. The van der Waals surface area contributed by atoms with Crippen LogP contribution in [-0.4, -0.2) is 39.5 Å². The number of amides is 2. The molecule has 150 valence electrons. The zero-order valence-electron chi connectivity index (χ0n) is 16.3. The average Bonchev–Trinajstić information content (AvgIpc) is 3.22. The minimum absolute atomic E-state index is 0.0828. The second-order valence-corrected chi connectivity index (χ2v) is 6.76. The van der Waals surface area contributed by atoms with Crippen molar-refractivity contribution in [3.63, 3.8) is 0 Å². The van der Waals surface area contributed by atoms with Gasteiger partial charge in [0.15, 0.2) is 5.65 Å². The van der Waals surface area contributed by atoms with Crippen molar-refractivity contribution in [3.8, 4) is 11.3 Å². The lowest BCUT2D eigenvalue weighted by Crippen LogP contribution is -2.35. The van der Waals surface area contributed by atoms with Crippen molar-refractivity contribution in [3.05, 3.63) is 90.3 Å². The summed E-state index contributed by atoms with van der Waals surface area (Å²) in [4.78, 5) is 28.9. The van der Waals surface area contributed by atoms with Gasteiger partial charge in [-0.15, -0.1) is 0 Å². The Morgan fingerprint density at radius 2 is 1.57 bits per heavy atom. The molecule has 0 radical (unpaired) electrons. The molecule has 0 aliphatic rings. The summed E-state index contributed by atoms with van der Waals surface area (Å²) in [6.07, 6.45) is 3.49. The molecule has 7 heteroatoms. The van der Waals surface area contributed by atoms with Crippen LogP contribution < -0.4 is 10.6 Å². The summed E-state index contributed by atoms with van der Waals surface area (Å²) in [5.74, 6) is -0.361. The number of benzene rings is 2. The highest BCUT2D eigenvalue weighted by Gasteiger charge is 2.15. The zero-order valence-corrected chi connectivity index (χ0v) is 16.3. The molecule has 2 amide bonds. The highest BCUT2D eigenvalue weighted by Crippen LogP contribution is 2.20. The lowest BCUT2D eigenvalue weighted by Gasteiger charge is -2.07. The van der Waals surface area contributed by atoms with Crippen LogP contribution in [0.1, 0.15) is 15.9 Å². The topological polar surface area (TPSA) is 88.4 Å². The Morgan fingerprint density at radius 3 is 2.33 bits per heavy atom. The number of nitrogens with zero attached hydrogens (tertiary/aromatic N) is 3. The van der Waals surface area contributed by atoms with Crippen molar-refractivity contribution in [2.24, 2.45) is 0 Å². The third kappa shape index (κ3) is 4.35. The SMILES string of the molecule is O=C(Cc1ccccc1)NCCNC(=O)c1cnn2c(-c3ccccc3)ccnc12. The molecule has 7 nitrogen and oxygen atoms in total. The molecule has 2 aromatic carbocycles. The number of aromatic nitrogens is 3. The first-order valence-corrected chi connectivity index (χ1v) is 9.69. The molecule has 0 saturated carbocycles. The molecule has 0 spiro atoms. The van der Waals surface area contributed by atoms with Gasteiger partial charge in [-0.25, -0.2) is 9.50 Å². The third-order valence-electron chi connectivity index (χ3n) is 4.66. The van der Waals surface area contributed by atoms with Crippen molar-refractivity contribution in [1.82, 2.24) is 25.2 Å². The van der Waals surface area contributed by atoms with Gasteiger partial charge in [0, 0.05) is 24.8 Å². The first-order chi connectivity index (χ1) is 14.7. The normalized spacial score (nSPS) is 10.7. The summed E-state index contributed by atoms with van der Waals surface area (Å²) in [6, 6.07) is 21.2. The van der Waals surface area contributed by atoms with Crippen molar-refractivity contribution in [2.75, 3.05) is 13.1 Å². The Kier molecular flexibility index (Phi) is 5.80. The number of carbonyl (C=O) groups excluding carboxylic acids is 2. The highest BCUT2D eigenvalue weighted by molar-refractivity contribution is 5.99. The van der Waals surface area contributed by atoms with Crippen molar-refractivity contribution in [1.29, 1.82) is 0 Å². The van der Waals surface area contributed by atoms with Crippen LogP contribution >= 0.6 is 0 Å². The van der Waals surface area contributed by atoms with E-state index >= 15 is 0 Å². The van der Waals surface area contributed by atoms with Gasteiger partial charge in [-0.3, -0.25) is 9.59 Å². The van der Waals surface area contributed by atoms with Gasteiger partial charge < -0.3 is 10.6 Å². The Morgan fingerprint density at radius 1 is 0.867 bits per heavy atom. The Hall–Kier alpha value is -4.00. The third-order valence-corrected chi connectivity index (χ3v) is 4.66. The van der Waals surface area contributed by atoms with E-state index in [1.54, 1.807) is 10.7 Å². The Bertz CT molecular complexity index is 1160. The predicted octanol–water partition coefficient (Wildman–Crippen LogP) is 2.49. The maximum Gasteiger partial charge on any atom is 0.256 e. The van der Waals surface area contributed by atoms with Crippen LogP contribution in [0.15, 0.2) is 79.1 Å². The maximum absolute atomic E-state index is 12.6. The van der Waals surface area contributed by atoms with Gasteiger partial charge in [0.1, 0.15) is 5.56 Å². The van der Waals surface area contributed by atoms with E-state index in [0.29, 0.717) is 30.7 Å². The first kappa shape index (κ1) is 19.3. The molecule has 2 heterocycles. The maximum atomic E-state index is 12.6. The van der Waals surface area contributed by atoms with E-state index in [1.807, 2.05) is 66.7 Å². The van der Waals surface area contributed by atoms with E-state index < -0.39 is 0 Å². The molecule has 0 bridgehead atoms. The smallest absolute Gasteiger partial charge is 0.256 e. The number of carbonyl (C=O) groups is 2. The van der Waals surface area contributed by atoms with E-state index in [9.17, 15) is 9.59 Å². The van der Waals surface area contributed by atoms with Gasteiger partial charge in [0.05, 0.1) is 18.3 Å². The van der Waals surface area contributed by atoms with Crippen LogP contribution in [-0.2, 0) is 11.2 Å². The number of hydrogen-bond donors (Lipinski definition) is 2. The minimum Gasteiger partial charge on any atom is -0.354 e. The number of fused-ring (bicyclic) bond motifs is 1. The van der Waals surface area contributed by atoms with Gasteiger partial charge >= 0.3 is 0 Å². The first-order valence-electron chi connectivity index (χ1n) is 9.69. The van der Waals surface area contributed by atoms with Gasteiger partial charge in [-0.05, 0) is 11.6 Å². The Balaban J connectivity index is 1.35. The van der Waals surface area contributed by atoms with E-state index in [2.05, 4.69) is 20.7 Å². The fraction of sp³-hybridized carbons (Fsp3) is 0.130. The van der Waals surface area contributed by atoms with Crippen molar-refractivity contribution < 1.29 is 9.59 Å². The lowest BCUT2D eigenvalue weighted by atomic mass is 10.1. The number of rotatable bonds is 7. The van der Waals surface area contributed by atoms with Crippen LogP contribution in [0.25, 0.3) is 16.9 Å². The van der Waals surface area contributed by atoms with Gasteiger partial charge in [0.2, 0.25) is 5.91 Å². The Labute approximate surface area is 173 Å². The zero-order chi connectivity index (χ0) is 20.8. The van der Waals surface area contributed by atoms with Gasteiger partial charge in [-0.1, -0.05) is 60.7 Å². The lowest BCUT2D eigenvalue weighted by molar-refractivity contribution is -0.120. The molecule has 2 aromatic heterocycles. The molecule has 0 atom stereocenters. The van der Waals surface area contributed by atoms with Crippen LogP contribution in [0.3, 0.4) is 0 Å². The molecule has 2 N–H and O–H groups in total. The van der Waals surface area contributed by atoms with E-state index in [0.717, 1.165) is 16.8 Å². The molecule has 30 heavy (non-hydrogen) atoms. The summed E-state index contributed by atoms with van der Waals surface area (Å²) in [5, 5.41) is 9.96. The number of nitrogens with one attached hydrogen (secondary N) is 2. The second kappa shape index (κ2) is 9.00.